The Morgan fingerprint density at radius 2 is 2.33 bits per heavy atom. The maximum absolute atomic E-state index is 9.96. The van der Waals surface area contributed by atoms with Crippen LogP contribution in [0.25, 0.3) is 0 Å². The summed E-state index contributed by atoms with van der Waals surface area (Å²) < 4.78 is 4.44. The van der Waals surface area contributed by atoms with Crippen LogP contribution in [-0.2, 0) is 4.74 Å². The van der Waals surface area contributed by atoms with Gasteiger partial charge >= 0.3 is 5.43 Å². The predicted molar refractivity (Wildman–Crippen MR) is 37.1 cm³/mol. The van der Waals surface area contributed by atoms with Crippen molar-refractivity contribution in [1.82, 2.24) is 0 Å². The predicted octanol–water partition coefficient (Wildman–Crippen LogP) is 2.24. The van der Waals surface area contributed by atoms with Crippen LogP contribution in [0.4, 0.5) is 4.79 Å². The molecule has 0 radical (unpaired) electrons. The van der Waals surface area contributed by atoms with E-state index < -0.39 is 5.43 Å². The minimum absolute atomic E-state index is 0.175. The first-order chi connectivity index (χ1) is 4.16. The molecule has 0 fully saturated rings. The molecule has 54 valence electrons. The normalized spacial score (nSPS) is 12.8. The second-order valence-electron chi connectivity index (χ2n) is 1.81. The molecule has 0 saturated carbocycles. The van der Waals surface area contributed by atoms with Crippen LogP contribution in [0.5, 0.6) is 0 Å². The lowest BCUT2D eigenvalue weighted by Gasteiger charge is -2.04. The van der Waals surface area contributed by atoms with Crippen molar-refractivity contribution < 1.29 is 9.53 Å². The van der Waals surface area contributed by atoms with Crippen molar-refractivity contribution in [2.45, 2.75) is 6.92 Å². The summed E-state index contributed by atoms with van der Waals surface area (Å²) in [6.45, 7) is 2.17. The van der Waals surface area contributed by atoms with Crippen LogP contribution in [0.3, 0.4) is 0 Å². The van der Waals surface area contributed by atoms with Crippen molar-refractivity contribution in [2.75, 3.05) is 12.5 Å². The molecule has 0 heterocycles. The second-order valence-corrected chi connectivity index (χ2v) is 2.43. The Balaban J connectivity index is 3.16. The van der Waals surface area contributed by atoms with Gasteiger partial charge in [-0.2, -0.15) is 0 Å². The number of hydrogen-bond acceptors (Lipinski definition) is 2. The molecule has 2 nitrogen and oxygen atoms in total. The Kier molecular flexibility index (Phi) is 4.91. The third kappa shape index (κ3) is 5.93. The van der Waals surface area contributed by atoms with Crippen LogP contribution in [0, 0.1) is 5.92 Å². The van der Waals surface area contributed by atoms with Crippen molar-refractivity contribution >= 4 is 28.6 Å². The van der Waals surface area contributed by atoms with E-state index in [1.165, 1.54) is 0 Å². The maximum Gasteiger partial charge on any atom is 0.403 e. The molecule has 0 rings (SSSR count). The molecule has 9 heavy (non-hydrogen) atoms. The summed E-state index contributed by atoms with van der Waals surface area (Å²) in [5.74, 6) is 0.652. The van der Waals surface area contributed by atoms with E-state index in [1.54, 1.807) is 0 Å². The number of carbonyl (C=O) groups is 1. The van der Waals surface area contributed by atoms with Crippen molar-refractivity contribution in [3.63, 3.8) is 0 Å². The van der Waals surface area contributed by atoms with Gasteiger partial charge in [0.05, 0.1) is 6.61 Å². The van der Waals surface area contributed by atoms with Gasteiger partial charge in [-0.3, -0.25) is 0 Å². The van der Waals surface area contributed by atoms with Crippen LogP contribution in [0.15, 0.2) is 0 Å². The molecule has 0 amide bonds. The fourth-order valence-corrected chi connectivity index (χ4v) is 0.404. The molecule has 4 heteroatoms. The zero-order valence-corrected chi connectivity index (χ0v) is 6.58. The van der Waals surface area contributed by atoms with Gasteiger partial charge in [-0.15, -0.1) is 11.6 Å². The standard InChI is InChI=1S/C5H8Cl2O2/c1-4(2-6)3-9-5(7)8/h4H,2-3H2,1H3. The molecule has 0 aromatic rings. The van der Waals surface area contributed by atoms with E-state index in [-0.39, 0.29) is 5.92 Å². The molecule has 0 aromatic carbocycles. The van der Waals surface area contributed by atoms with Crippen molar-refractivity contribution in [3.05, 3.63) is 0 Å². The zero-order valence-electron chi connectivity index (χ0n) is 5.06. The van der Waals surface area contributed by atoms with E-state index in [0.29, 0.717) is 12.5 Å². The number of carbonyl (C=O) groups excluding carboxylic acids is 1. The van der Waals surface area contributed by atoms with Crippen molar-refractivity contribution in [3.8, 4) is 0 Å². The van der Waals surface area contributed by atoms with E-state index in [9.17, 15) is 4.79 Å². The van der Waals surface area contributed by atoms with Gasteiger partial charge in [0.15, 0.2) is 0 Å². The van der Waals surface area contributed by atoms with Crippen LogP contribution in [-0.4, -0.2) is 17.9 Å². The van der Waals surface area contributed by atoms with Crippen molar-refractivity contribution in [2.24, 2.45) is 5.92 Å². The van der Waals surface area contributed by atoms with Gasteiger partial charge in [-0.05, 0) is 0 Å². The third-order valence-electron chi connectivity index (χ3n) is 0.745. The molecule has 0 aliphatic heterocycles. The van der Waals surface area contributed by atoms with Gasteiger partial charge in [0.2, 0.25) is 0 Å². The lowest BCUT2D eigenvalue weighted by Crippen LogP contribution is -2.07. The first-order valence-electron chi connectivity index (χ1n) is 2.55. The average Bonchev–Trinajstić information content (AvgIpc) is 1.83. The summed E-state index contributed by atoms with van der Waals surface area (Å²) in [7, 11) is 0. The van der Waals surface area contributed by atoms with E-state index in [0.717, 1.165) is 0 Å². The first-order valence-corrected chi connectivity index (χ1v) is 3.46. The molecule has 0 bridgehead atoms. The van der Waals surface area contributed by atoms with Crippen LogP contribution >= 0.6 is 23.2 Å². The molecule has 0 N–H and O–H groups in total. The van der Waals surface area contributed by atoms with Crippen molar-refractivity contribution in [1.29, 1.82) is 0 Å². The van der Waals surface area contributed by atoms with E-state index in [2.05, 4.69) is 4.74 Å². The molecule has 0 spiro atoms. The Labute approximate surface area is 64.1 Å². The maximum atomic E-state index is 9.96. The smallest absolute Gasteiger partial charge is 0.403 e. The number of hydrogen-bond donors (Lipinski definition) is 0. The highest BCUT2D eigenvalue weighted by Gasteiger charge is 2.01. The average molecular weight is 171 g/mol. The second kappa shape index (κ2) is 4.89. The van der Waals surface area contributed by atoms with E-state index in [4.69, 9.17) is 23.2 Å². The fourth-order valence-electron chi connectivity index (χ4n) is 0.252. The summed E-state index contributed by atoms with van der Waals surface area (Å²) in [5.41, 5.74) is -0.771. The Morgan fingerprint density at radius 1 is 1.78 bits per heavy atom. The molecule has 0 aliphatic carbocycles. The largest absolute Gasteiger partial charge is 0.453 e. The first kappa shape index (κ1) is 9.05. The lowest BCUT2D eigenvalue weighted by molar-refractivity contribution is 0.159. The van der Waals surface area contributed by atoms with Gasteiger partial charge in [0.1, 0.15) is 0 Å². The number of rotatable bonds is 3. The minimum atomic E-state index is -0.771. The van der Waals surface area contributed by atoms with Gasteiger partial charge in [-0.1, -0.05) is 6.92 Å². The highest BCUT2D eigenvalue weighted by atomic mass is 35.5. The summed E-state index contributed by atoms with van der Waals surface area (Å²) in [6.07, 6.45) is 0. The van der Waals surface area contributed by atoms with Crippen LogP contribution in [0.2, 0.25) is 0 Å². The number of alkyl halides is 1. The van der Waals surface area contributed by atoms with Crippen LogP contribution in [0.1, 0.15) is 6.92 Å². The SMILES string of the molecule is CC(CCl)COC(=O)Cl. The fraction of sp³-hybridized carbons (Fsp3) is 0.800. The van der Waals surface area contributed by atoms with Crippen LogP contribution < -0.4 is 0 Å². The Hall–Kier alpha value is 0.0500. The molecule has 0 aliphatic rings. The molecule has 0 aromatic heterocycles. The third-order valence-corrected chi connectivity index (χ3v) is 1.38. The summed E-state index contributed by atoms with van der Waals surface area (Å²) in [5, 5.41) is 0. The highest BCUT2D eigenvalue weighted by Crippen LogP contribution is 1.99. The molecule has 1 unspecified atom stereocenters. The molecular weight excluding hydrogens is 163 g/mol. The van der Waals surface area contributed by atoms with Gasteiger partial charge in [0.25, 0.3) is 0 Å². The molecule has 0 saturated heterocycles. The van der Waals surface area contributed by atoms with Gasteiger partial charge in [-0.25, -0.2) is 4.79 Å². The summed E-state index contributed by atoms with van der Waals surface area (Å²) in [4.78, 5) is 9.96. The summed E-state index contributed by atoms with van der Waals surface area (Å²) in [6, 6.07) is 0. The van der Waals surface area contributed by atoms with E-state index in [1.807, 2.05) is 6.92 Å². The lowest BCUT2D eigenvalue weighted by atomic mass is 10.2. The quantitative estimate of drug-likeness (QED) is 0.480. The highest BCUT2D eigenvalue weighted by molar-refractivity contribution is 6.61. The topological polar surface area (TPSA) is 26.3 Å². The zero-order chi connectivity index (χ0) is 7.28. The minimum Gasteiger partial charge on any atom is -0.453 e. The molecular formula is C5H8Cl2O2. The Bertz CT molecular complexity index is 95.0. The Morgan fingerprint density at radius 3 is 2.67 bits per heavy atom. The number of halogens is 2. The number of ether oxygens (including phenoxy) is 1. The monoisotopic (exact) mass is 170 g/mol. The van der Waals surface area contributed by atoms with Gasteiger partial charge < -0.3 is 4.74 Å². The summed E-state index contributed by atoms with van der Waals surface area (Å²) >= 11 is 10.3. The molecule has 1 atom stereocenters. The van der Waals surface area contributed by atoms with E-state index >= 15 is 0 Å². The van der Waals surface area contributed by atoms with Gasteiger partial charge in [0, 0.05) is 23.4 Å².